The van der Waals surface area contributed by atoms with Crippen LogP contribution in [0, 0.1) is 0 Å². The maximum atomic E-state index is 5.80. The van der Waals surface area contributed by atoms with Crippen LogP contribution >= 0.6 is 0 Å². The largest absolute Gasteiger partial charge is 0.492 e. The Labute approximate surface area is 105 Å². The molecule has 1 N–H and O–H groups in total. The number of benzene rings is 1. The van der Waals surface area contributed by atoms with E-state index in [1.807, 2.05) is 6.07 Å². The lowest BCUT2D eigenvalue weighted by Gasteiger charge is -2.15. The first kappa shape index (κ1) is 14.0. The van der Waals surface area contributed by atoms with Crippen LogP contribution in [0.3, 0.4) is 0 Å². The molecule has 0 heterocycles. The molecule has 0 spiro atoms. The van der Waals surface area contributed by atoms with Gasteiger partial charge >= 0.3 is 0 Å². The van der Waals surface area contributed by atoms with Crippen LogP contribution in [0.5, 0.6) is 5.75 Å². The highest BCUT2D eigenvalue weighted by atomic mass is 16.5. The third-order valence-electron chi connectivity index (χ3n) is 3.13. The fourth-order valence-corrected chi connectivity index (χ4v) is 1.94. The van der Waals surface area contributed by atoms with Crippen molar-refractivity contribution in [3.05, 3.63) is 29.8 Å². The van der Waals surface area contributed by atoms with Gasteiger partial charge in [0, 0.05) is 12.6 Å². The van der Waals surface area contributed by atoms with E-state index in [1.165, 1.54) is 18.4 Å². The van der Waals surface area contributed by atoms with E-state index in [0.717, 1.165) is 25.3 Å². The van der Waals surface area contributed by atoms with Crippen molar-refractivity contribution in [3.63, 3.8) is 0 Å². The first-order valence-corrected chi connectivity index (χ1v) is 6.75. The van der Waals surface area contributed by atoms with Gasteiger partial charge in [0.2, 0.25) is 0 Å². The molecule has 17 heavy (non-hydrogen) atoms. The van der Waals surface area contributed by atoms with Gasteiger partial charge in [0.25, 0.3) is 0 Å². The Morgan fingerprint density at radius 3 is 2.47 bits per heavy atom. The van der Waals surface area contributed by atoms with Gasteiger partial charge in [-0.05, 0) is 30.9 Å². The van der Waals surface area contributed by atoms with Gasteiger partial charge in [-0.25, -0.2) is 0 Å². The summed E-state index contributed by atoms with van der Waals surface area (Å²) in [6, 6.07) is 8.90. The molecule has 1 aromatic carbocycles. The summed E-state index contributed by atoms with van der Waals surface area (Å²) in [7, 11) is 0. The van der Waals surface area contributed by atoms with Crippen molar-refractivity contribution in [2.45, 2.75) is 46.1 Å². The van der Waals surface area contributed by atoms with Crippen molar-refractivity contribution in [1.29, 1.82) is 0 Å². The Morgan fingerprint density at radius 1 is 1.12 bits per heavy atom. The molecule has 0 aliphatic carbocycles. The summed E-state index contributed by atoms with van der Waals surface area (Å²) in [4.78, 5) is 0. The van der Waals surface area contributed by atoms with E-state index in [9.17, 15) is 0 Å². The quantitative estimate of drug-likeness (QED) is 0.697. The Morgan fingerprint density at radius 2 is 1.82 bits per heavy atom. The Balaban J connectivity index is 2.30. The molecule has 0 saturated carbocycles. The third kappa shape index (κ3) is 4.78. The number of aryl methyl sites for hydroxylation is 1. The van der Waals surface area contributed by atoms with Crippen molar-refractivity contribution >= 4 is 0 Å². The van der Waals surface area contributed by atoms with Crippen LogP contribution < -0.4 is 10.1 Å². The van der Waals surface area contributed by atoms with E-state index >= 15 is 0 Å². The van der Waals surface area contributed by atoms with Crippen molar-refractivity contribution in [1.82, 2.24) is 5.32 Å². The molecule has 2 heteroatoms. The Hall–Kier alpha value is -1.02. The van der Waals surface area contributed by atoms with Crippen LogP contribution in [0.15, 0.2) is 24.3 Å². The zero-order valence-corrected chi connectivity index (χ0v) is 11.3. The van der Waals surface area contributed by atoms with E-state index in [1.54, 1.807) is 0 Å². The number of para-hydroxylation sites is 1. The highest BCUT2D eigenvalue weighted by Gasteiger charge is 2.03. The van der Waals surface area contributed by atoms with E-state index in [-0.39, 0.29) is 0 Å². The van der Waals surface area contributed by atoms with Gasteiger partial charge in [-0.3, -0.25) is 0 Å². The van der Waals surface area contributed by atoms with Crippen LogP contribution in [0.4, 0.5) is 0 Å². The lowest BCUT2D eigenvalue weighted by molar-refractivity contribution is 0.300. The average molecular weight is 235 g/mol. The van der Waals surface area contributed by atoms with E-state index in [0.29, 0.717) is 6.04 Å². The topological polar surface area (TPSA) is 21.3 Å². The highest BCUT2D eigenvalue weighted by molar-refractivity contribution is 5.33. The average Bonchev–Trinajstić information content (AvgIpc) is 2.39. The molecule has 0 radical (unpaired) electrons. The molecule has 0 unspecified atom stereocenters. The van der Waals surface area contributed by atoms with Crippen molar-refractivity contribution in [2.24, 2.45) is 0 Å². The smallest absolute Gasteiger partial charge is 0.122 e. The standard InChI is InChI=1S/C15H25NO/c1-4-13-9-7-8-10-15(13)17-12-11-16-14(5-2)6-3/h7-10,14,16H,4-6,11-12H2,1-3H3. The van der Waals surface area contributed by atoms with E-state index in [4.69, 9.17) is 4.74 Å². The summed E-state index contributed by atoms with van der Waals surface area (Å²) in [6.45, 7) is 8.26. The zero-order chi connectivity index (χ0) is 12.5. The third-order valence-corrected chi connectivity index (χ3v) is 3.13. The molecule has 1 aromatic rings. The molecule has 0 aromatic heterocycles. The molecule has 0 fully saturated rings. The van der Waals surface area contributed by atoms with Crippen molar-refractivity contribution in [2.75, 3.05) is 13.2 Å². The zero-order valence-electron chi connectivity index (χ0n) is 11.3. The minimum absolute atomic E-state index is 0.625. The molecule has 0 bridgehead atoms. The molecule has 0 aliphatic heterocycles. The molecule has 0 atom stereocenters. The molecule has 2 nitrogen and oxygen atoms in total. The number of hydrogen-bond donors (Lipinski definition) is 1. The van der Waals surface area contributed by atoms with Crippen LogP contribution in [0.25, 0.3) is 0 Å². The minimum atomic E-state index is 0.625. The number of hydrogen-bond acceptors (Lipinski definition) is 2. The van der Waals surface area contributed by atoms with E-state index in [2.05, 4.69) is 44.3 Å². The predicted molar refractivity (Wildman–Crippen MR) is 73.7 cm³/mol. The van der Waals surface area contributed by atoms with Crippen LogP contribution in [0.2, 0.25) is 0 Å². The van der Waals surface area contributed by atoms with Crippen LogP contribution in [-0.4, -0.2) is 19.2 Å². The summed E-state index contributed by atoms with van der Waals surface area (Å²) in [5, 5.41) is 3.50. The molecule has 0 aliphatic rings. The van der Waals surface area contributed by atoms with Gasteiger partial charge in [0.1, 0.15) is 12.4 Å². The van der Waals surface area contributed by atoms with Gasteiger partial charge in [0.15, 0.2) is 0 Å². The molecular weight excluding hydrogens is 210 g/mol. The lowest BCUT2D eigenvalue weighted by atomic mass is 10.1. The highest BCUT2D eigenvalue weighted by Crippen LogP contribution is 2.17. The lowest BCUT2D eigenvalue weighted by Crippen LogP contribution is -2.31. The molecule has 1 rings (SSSR count). The summed E-state index contributed by atoms with van der Waals surface area (Å²) in [6.07, 6.45) is 3.39. The van der Waals surface area contributed by atoms with Crippen molar-refractivity contribution < 1.29 is 4.74 Å². The van der Waals surface area contributed by atoms with Gasteiger partial charge in [-0.15, -0.1) is 0 Å². The van der Waals surface area contributed by atoms with Crippen LogP contribution in [0.1, 0.15) is 39.2 Å². The summed E-state index contributed by atoms with van der Waals surface area (Å²) < 4.78 is 5.80. The Bertz CT molecular complexity index is 308. The molecular formula is C15H25NO. The molecule has 0 saturated heterocycles. The van der Waals surface area contributed by atoms with Crippen molar-refractivity contribution in [3.8, 4) is 5.75 Å². The normalized spacial score (nSPS) is 10.8. The summed E-state index contributed by atoms with van der Waals surface area (Å²) >= 11 is 0. The Kier molecular flexibility index (Phi) is 6.71. The monoisotopic (exact) mass is 235 g/mol. The minimum Gasteiger partial charge on any atom is -0.492 e. The number of nitrogens with one attached hydrogen (secondary N) is 1. The van der Waals surface area contributed by atoms with Crippen LogP contribution in [-0.2, 0) is 6.42 Å². The fraction of sp³-hybridized carbons (Fsp3) is 0.600. The van der Waals surface area contributed by atoms with Gasteiger partial charge in [-0.1, -0.05) is 39.0 Å². The SMILES string of the molecule is CCc1ccccc1OCCNC(CC)CC. The summed E-state index contributed by atoms with van der Waals surface area (Å²) in [5.74, 6) is 1.03. The first-order chi connectivity index (χ1) is 8.31. The molecule has 96 valence electrons. The second-order valence-electron chi connectivity index (χ2n) is 4.28. The van der Waals surface area contributed by atoms with Gasteiger partial charge < -0.3 is 10.1 Å². The first-order valence-electron chi connectivity index (χ1n) is 6.75. The predicted octanol–water partition coefficient (Wildman–Crippen LogP) is 3.41. The summed E-state index contributed by atoms with van der Waals surface area (Å²) in [5.41, 5.74) is 1.29. The van der Waals surface area contributed by atoms with Gasteiger partial charge in [-0.2, -0.15) is 0 Å². The second-order valence-corrected chi connectivity index (χ2v) is 4.28. The maximum absolute atomic E-state index is 5.80. The number of ether oxygens (including phenoxy) is 1. The van der Waals surface area contributed by atoms with Gasteiger partial charge in [0.05, 0.1) is 0 Å². The maximum Gasteiger partial charge on any atom is 0.122 e. The second kappa shape index (κ2) is 8.13. The fourth-order valence-electron chi connectivity index (χ4n) is 1.94. The molecule has 0 amide bonds. The van der Waals surface area contributed by atoms with E-state index < -0.39 is 0 Å². The number of rotatable bonds is 8.